The second kappa shape index (κ2) is 6.28. The van der Waals surface area contributed by atoms with E-state index in [0.717, 1.165) is 40.1 Å². The first-order valence-electron chi connectivity index (χ1n) is 7.73. The number of pyridine rings is 1. The summed E-state index contributed by atoms with van der Waals surface area (Å²) in [7, 11) is 0. The van der Waals surface area contributed by atoms with Crippen LogP contribution in [0, 0.1) is 13.8 Å². The zero-order valence-electron chi connectivity index (χ0n) is 13.3. The van der Waals surface area contributed by atoms with Gasteiger partial charge in [-0.25, -0.2) is 4.79 Å². The molecular weight excluding hydrogens is 292 g/mol. The van der Waals surface area contributed by atoms with Crippen molar-refractivity contribution in [3.63, 3.8) is 0 Å². The van der Waals surface area contributed by atoms with Gasteiger partial charge in [0.15, 0.2) is 0 Å². The van der Waals surface area contributed by atoms with Gasteiger partial charge in [0.05, 0.1) is 6.61 Å². The minimum Gasteiger partial charge on any atom is -0.493 e. The van der Waals surface area contributed by atoms with E-state index in [1.807, 2.05) is 37.4 Å². The second-order valence-corrected chi connectivity index (χ2v) is 5.81. The molecule has 0 aliphatic carbocycles. The molecule has 0 saturated carbocycles. The Bertz CT molecular complexity index is 743. The Kier molecular flexibility index (Phi) is 4.19. The van der Waals surface area contributed by atoms with Gasteiger partial charge < -0.3 is 15.2 Å². The Morgan fingerprint density at radius 1 is 1.35 bits per heavy atom. The molecule has 5 nitrogen and oxygen atoms in total. The zero-order chi connectivity index (χ0) is 16.4. The lowest BCUT2D eigenvalue weighted by Crippen LogP contribution is -2.29. The van der Waals surface area contributed by atoms with Crippen molar-refractivity contribution < 1.29 is 14.6 Å². The smallest absolute Gasteiger partial charge is 0.404 e. The van der Waals surface area contributed by atoms with E-state index in [-0.39, 0.29) is 5.92 Å². The maximum absolute atomic E-state index is 10.8. The van der Waals surface area contributed by atoms with Gasteiger partial charge in [-0.15, -0.1) is 0 Å². The maximum atomic E-state index is 10.8. The van der Waals surface area contributed by atoms with Crippen molar-refractivity contribution in [3.05, 3.63) is 47.3 Å². The molecule has 5 heteroatoms. The summed E-state index contributed by atoms with van der Waals surface area (Å²) in [5.41, 5.74) is 5.36. The van der Waals surface area contributed by atoms with E-state index in [9.17, 15) is 4.79 Å². The predicted octanol–water partition coefficient (Wildman–Crippen LogP) is 3.50. The highest BCUT2D eigenvalue weighted by Gasteiger charge is 2.25. The number of aromatic nitrogens is 1. The monoisotopic (exact) mass is 312 g/mol. The number of carbonyl (C=O) groups is 1. The fraction of sp³-hybridized carbons (Fsp3) is 0.333. The van der Waals surface area contributed by atoms with Crippen LogP contribution in [-0.2, 0) is 0 Å². The molecule has 0 radical (unpaired) electrons. The normalized spacial score (nSPS) is 16.3. The number of aryl methyl sites for hydroxylation is 1. The molecule has 0 fully saturated rings. The predicted molar refractivity (Wildman–Crippen MR) is 88.0 cm³/mol. The van der Waals surface area contributed by atoms with E-state index in [0.29, 0.717) is 13.2 Å². The van der Waals surface area contributed by atoms with Gasteiger partial charge in [0.2, 0.25) is 0 Å². The van der Waals surface area contributed by atoms with Crippen LogP contribution in [0.2, 0.25) is 0 Å². The lowest BCUT2D eigenvalue weighted by atomic mass is 9.88. The fourth-order valence-corrected chi connectivity index (χ4v) is 3.06. The largest absolute Gasteiger partial charge is 0.493 e. The molecule has 0 saturated heterocycles. The highest BCUT2D eigenvalue weighted by molar-refractivity contribution is 5.75. The van der Waals surface area contributed by atoms with Gasteiger partial charge in [0, 0.05) is 29.9 Å². The molecule has 1 amide bonds. The third kappa shape index (κ3) is 2.99. The van der Waals surface area contributed by atoms with Crippen molar-refractivity contribution in [3.8, 4) is 16.9 Å². The molecular formula is C18H20N2O3. The molecule has 1 aromatic heterocycles. The van der Waals surface area contributed by atoms with Gasteiger partial charge in [-0.05, 0) is 43.0 Å². The quantitative estimate of drug-likeness (QED) is 0.910. The summed E-state index contributed by atoms with van der Waals surface area (Å²) in [6, 6.07) is 8.08. The number of carboxylic acid groups (broad SMARTS) is 1. The Hall–Kier alpha value is -2.56. The summed E-state index contributed by atoms with van der Waals surface area (Å²) < 4.78 is 5.95. The average molecular weight is 312 g/mol. The molecule has 0 bridgehead atoms. The van der Waals surface area contributed by atoms with Crippen molar-refractivity contribution in [2.45, 2.75) is 26.2 Å². The number of benzene rings is 1. The van der Waals surface area contributed by atoms with Crippen LogP contribution in [0.25, 0.3) is 11.1 Å². The van der Waals surface area contributed by atoms with E-state index in [2.05, 4.69) is 17.2 Å². The summed E-state index contributed by atoms with van der Waals surface area (Å²) >= 11 is 0. The van der Waals surface area contributed by atoms with Crippen LogP contribution in [0.15, 0.2) is 30.5 Å². The Balaban J connectivity index is 2.03. The first kappa shape index (κ1) is 15.3. The molecule has 1 unspecified atom stereocenters. The third-order valence-electron chi connectivity index (χ3n) is 4.44. The molecule has 23 heavy (non-hydrogen) atoms. The summed E-state index contributed by atoms with van der Waals surface area (Å²) in [6.07, 6.45) is 1.63. The van der Waals surface area contributed by atoms with Crippen LogP contribution in [0.5, 0.6) is 5.75 Å². The molecule has 1 aliphatic rings. The van der Waals surface area contributed by atoms with Crippen molar-refractivity contribution in [2.24, 2.45) is 0 Å². The van der Waals surface area contributed by atoms with Crippen LogP contribution in [0.1, 0.15) is 29.2 Å². The summed E-state index contributed by atoms with van der Waals surface area (Å²) in [4.78, 5) is 15.1. The second-order valence-electron chi connectivity index (χ2n) is 5.81. The van der Waals surface area contributed by atoms with Crippen LogP contribution in [-0.4, -0.2) is 29.3 Å². The standard InChI is InChI=1S/C18H20N2O3/c1-11-12(2)19-8-6-14(11)16-5-3-4-15-13(10-20-18(21)22)7-9-23-17(15)16/h3-6,8,13,20H,7,9-10H2,1-2H3,(H,21,22). The highest BCUT2D eigenvalue weighted by atomic mass is 16.5. The van der Waals surface area contributed by atoms with E-state index in [1.165, 1.54) is 0 Å². The number of nitrogens with zero attached hydrogens (tertiary/aromatic N) is 1. The molecule has 2 heterocycles. The number of para-hydroxylation sites is 1. The Labute approximate surface area is 135 Å². The van der Waals surface area contributed by atoms with E-state index in [4.69, 9.17) is 9.84 Å². The zero-order valence-corrected chi connectivity index (χ0v) is 13.3. The lowest BCUT2D eigenvalue weighted by molar-refractivity contribution is 0.191. The summed E-state index contributed by atoms with van der Waals surface area (Å²) in [6.45, 7) is 5.06. The molecule has 3 rings (SSSR count). The topological polar surface area (TPSA) is 71.5 Å². The van der Waals surface area contributed by atoms with E-state index in [1.54, 1.807) is 0 Å². The number of hydrogen-bond acceptors (Lipinski definition) is 3. The number of ether oxygens (including phenoxy) is 1. The Morgan fingerprint density at radius 2 is 2.17 bits per heavy atom. The molecule has 0 spiro atoms. The van der Waals surface area contributed by atoms with Crippen LogP contribution in [0.3, 0.4) is 0 Å². The van der Waals surface area contributed by atoms with Crippen molar-refractivity contribution in [1.29, 1.82) is 0 Å². The van der Waals surface area contributed by atoms with Crippen molar-refractivity contribution in [1.82, 2.24) is 10.3 Å². The highest BCUT2D eigenvalue weighted by Crippen LogP contribution is 2.41. The van der Waals surface area contributed by atoms with Crippen LogP contribution < -0.4 is 10.1 Å². The first-order valence-corrected chi connectivity index (χ1v) is 7.73. The molecule has 120 valence electrons. The molecule has 2 aromatic rings. The Morgan fingerprint density at radius 3 is 2.96 bits per heavy atom. The SMILES string of the molecule is Cc1nccc(-c2cccc3c2OCCC3CNC(=O)O)c1C. The minimum atomic E-state index is -0.991. The molecule has 1 aliphatic heterocycles. The molecule has 1 aromatic carbocycles. The summed E-state index contributed by atoms with van der Waals surface area (Å²) in [5.74, 6) is 1.00. The fourth-order valence-electron chi connectivity index (χ4n) is 3.06. The maximum Gasteiger partial charge on any atom is 0.404 e. The number of amides is 1. The van der Waals surface area contributed by atoms with Crippen molar-refractivity contribution in [2.75, 3.05) is 13.2 Å². The van der Waals surface area contributed by atoms with E-state index < -0.39 is 6.09 Å². The molecule has 1 atom stereocenters. The first-order chi connectivity index (χ1) is 11.1. The number of rotatable bonds is 3. The van der Waals surface area contributed by atoms with E-state index >= 15 is 0 Å². The van der Waals surface area contributed by atoms with Gasteiger partial charge in [-0.3, -0.25) is 4.98 Å². The van der Waals surface area contributed by atoms with Gasteiger partial charge in [0.1, 0.15) is 5.75 Å². The molecule has 2 N–H and O–H groups in total. The van der Waals surface area contributed by atoms with Gasteiger partial charge in [-0.2, -0.15) is 0 Å². The third-order valence-corrected chi connectivity index (χ3v) is 4.44. The van der Waals surface area contributed by atoms with Gasteiger partial charge >= 0.3 is 6.09 Å². The van der Waals surface area contributed by atoms with Crippen molar-refractivity contribution >= 4 is 6.09 Å². The van der Waals surface area contributed by atoms with Gasteiger partial charge in [0.25, 0.3) is 0 Å². The number of fused-ring (bicyclic) bond motifs is 1. The van der Waals surface area contributed by atoms with Crippen LogP contribution in [0.4, 0.5) is 4.79 Å². The number of nitrogens with one attached hydrogen (secondary N) is 1. The summed E-state index contributed by atoms with van der Waals surface area (Å²) in [5, 5.41) is 11.3. The minimum absolute atomic E-state index is 0.137. The lowest BCUT2D eigenvalue weighted by Gasteiger charge is -2.28. The average Bonchev–Trinajstić information content (AvgIpc) is 2.55. The number of hydrogen-bond donors (Lipinski definition) is 2. The van der Waals surface area contributed by atoms with Crippen LogP contribution >= 0.6 is 0 Å². The van der Waals surface area contributed by atoms with Gasteiger partial charge in [-0.1, -0.05) is 18.2 Å².